The molecule has 0 aliphatic carbocycles. The van der Waals surface area contributed by atoms with E-state index in [-0.39, 0.29) is 10.9 Å². The quantitative estimate of drug-likeness (QED) is 0.579. The fourth-order valence-corrected chi connectivity index (χ4v) is 4.79. The summed E-state index contributed by atoms with van der Waals surface area (Å²) in [6.45, 7) is 0.623. The first-order chi connectivity index (χ1) is 14.3. The molecule has 1 aliphatic rings. The van der Waals surface area contributed by atoms with Crippen LogP contribution in [-0.4, -0.2) is 48.7 Å². The highest BCUT2D eigenvalue weighted by atomic mass is 32.2. The number of benzene rings is 1. The van der Waals surface area contributed by atoms with Crippen molar-refractivity contribution in [1.29, 1.82) is 0 Å². The molecule has 2 aromatic heterocycles. The van der Waals surface area contributed by atoms with Crippen LogP contribution in [0.2, 0.25) is 0 Å². The molecule has 0 amide bonds. The van der Waals surface area contributed by atoms with E-state index in [4.69, 9.17) is 4.74 Å². The van der Waals surface area contributed by atoms with Gasteiger partial charge in [-0.1, -0.05) is 0 Å². The van der Waals surface area contributed by atoms with Crippen LogP contribution in [0.15, 0.2) is 30.6 Å². The third-order valence-corrected chi connectivity index (χ3v) is 6.48. The minimum atomic E-state index is -4.02. The standard InChI is InChI=1S/C19H18F2N4O4S/c1-29-14-6-7-22-19-15(14)11(10-23-19)18(26)16-12(20)4-5-13(17(16)21)24-30(27,28)25-8-2-3-9-25/h4-7,10,24H,2-3,8-9H2,1H3,(H,22,23). The van der Waals surface area contributed by atoms with Crippen molar-refractivity contribution in [3.05, 3.63) is 53.4 Å². The lowest BCUT2D eigenvalue weighted by molar-refractivity contribution is 0.103. The number of carbonyl (C=O) groups is 1. The molecule has 3 heterocycles. The van der Waals surface area contributed by atoms with Gasteiger partial charge in [-0.05, 0) is 31.0 Å². The second-order valence-electron chi connectivity index (χ2n) is 6.77. The normalized spacial score (nSPS) is 14.9. The van der Waals surface area contributed by atoms with E-state index in [9.17, 15) is 17.6 Å². The average Bonchev–Trinajstić information content (AvgIpc) is 3.40. The topological polar surface area (TPSA) is 104 Å². The fourth-order valence-electron chi connectivity index (χ4n) is 3.48. The molecule has 3 aromatic rings. The SMILES string of the molecule is COc1ccnc2[nH]cc(C(=O)c3c(F)ccc(NS(=O)(=O)N4CCCC4)c3F)c12. The summed E-state index contributed by atoms with van der Waals surface area (Å²) in [5.41, 5.74) is -1.11. The van der Waals surface area contributed by atoms with E-state index in [0.717, 1.165) is 12.1 Å². The molecule has 2 N–H and O–H groups in total. The minimum absolute atomic E-state index is 0.0488. The van der Waals surface area contributed by atoms with Gasteiger partial charge in [0, 0.05) is 25.5 Å². The number of fused-ring (bicyclic) bond motifs is 1. The maximum absolute atomic E-state index is 15.1. The van der Waals surface area contributed by atoms with Crippen molar-refractivity contribution in [2.24, 2.45) is 0 Å². The first kappa shape index (κ1) is 20.2. The minimum Gasteiger partial charge on any atom is -0.496 e. The number of hydrogen-bond acceptors (Lipinski definition) is 5. The van der Waals surface area contributed by atoms with Crippen LogP contribution in [0.3, 0.4) is 0 Å². The van der Waals surface area contributed by atoms with Crippen LogP contribution in [-0.2, 0) is 10.2 Å². The third kappa shape index (κ3) is 3.39. The molecular weight excluding hydrogens is 418 g/mol. The zero-order chi connectivity index (χ0) is 21.5. The first-order valence-corrected chi connectivity index (χ1v) is 10.6. The van der Waals surface area contributed by atoms with E-state index in [1.165, 1.54) is 29.9 Å². The van der Waals surface area contributed by atoms with Gasteiger partial charge in [-0.25, -0.2) is 13.8 Å². The Hall–Kier alpha value is -3.05. The highest BCUT2D eigenvalue weighted by Gasteiger charge is 2.29. The van der Waals surface area contributed by atoms with Crippen LogP contribution in [0.1, 0.15) is 28.8 Å². The van der Waals surface area contributed by atoms with Crippen LogP contribution >= 0.6 is 0 Å². The summed E-state index contributed by atoms with van der Waals surface area (Å²) in [6, 6.07) is 3.31. The van der Waals surface area contributed by atoms with Gasteiger partial charge in [-0.15, -0.1) is 0 Å². The molecule has 30 heavy (non-hydrogen) atoms. The smallest absolute Gasteiger partial charge is 0.301 e. The van der Waals surface area contributed by atoms with Gasteiger partial charge in [0.1, 0.15) is 17.2 Å². The second kappa shape index (κ2) is 7.65. The maximum atomic E-state index is 15.1. The number of carbonyl (C=O) groups excluding carboxylic acids is 1. The highest BCUT2D eigenvalue weighted by molar-refractivity contribution is 7.90. The van der Waals surface area contributed by atoms with Gasteiger partial charge in [0.05, 0.1) is 29.3 Å². The van der Waals surface area contributed by atoms with Gasteiger partial charge in [0.15, 0.2) is 5.82 Å². The molecular formula is C19H18F2N4O4S. The van der Waals surface area contributed by atoms with Gasteiger partial charge in [-0.2, -0.15) is 12.7 Å². The van der Waals surface area contributed by atoms with Crippen molar-refractivity contribution in [2.45, 2.75) is 12.8 Å². The summed E-state index contributed by atoms with van der Waals surface area (Å²) in [4.78, 5) is 19.9. The zero-order valence-corrected chi connectivity index (χ0v) is 16.7. The van der Waals surface area contributed by atoms with Crippen LogP contribution in [0.4, 0.5) is 14.5 Å². The summed E-state index contributed by atoms with van der Waals surface area (Å²) in [6.07, 6.45) is 4.14. The monoisotopic (exact) mass is 436 g/mol. The number of methoxy groups -OCH3 is 1. The van der Waals surface area contributed by atoms with E-state index in [0.29, 0.717) is 37.3 Å². The Bertz CT molecular complexity index is 1240. The van der Waals surface area contributed by atoms with Gasteiger partial charge in [0.2, 0.25) is 5.78 Å². The van der Waals surface area contributed by atoms with Crippen molar-refractivity contribution in [1.82, 2.24) is 14.3 Å². The predicted octanol–water partition coefficient (Wildman–Crippen LogP) is 2.83. The number of nitrogens with one attached hydrogen (secondary N) is 2. The van der Waals surface area contributed by atoms with Gasteiger partial charge in [0.25, 0.3) is 0 Å². The average molecular weight is 436 g/mol. The molecule has 0 saturated carbocycles. The second-order valence-corrected chi connectivity index (χ2v) is 8.44. The fraction of sp³-hybridized carbons (Fsp3) is 0.263. The van der Waals surface area contributed by atoms with Gasteiger partial charge >= 0.3 is 10.2 Å². The number of rotatable bonds is 6. The summed E-state index contributed by atoms with van der Waals surface area (Å²) in [7, 11) is -2.62. The molecule has 0 atom stereocenters. The van der Waals surface area contributed by atoms with Crippen LogP contribution in [0.5, 0.6) is 5.75 Å². The Morgan fingerprint density at radius 2 is 1.97 bits per heavy atom. The van der Waals surface area contributed by atoms with E-state index in [2.05, 4.69) is 14.7 Å². The molecule has 158 valence electrons. The summed E-state index contributed by atoms with van der Waals surface area (Å²) in [5, 5.41) is 0.270. The lowest BCUT2D eigenvalue weighted by atomic mass is 10.0. The summed E-state index contributed by atoms with van der Waals surface area (Å²) in [5.74, 6) is -3.07. The largest absolute Gasteiger partial charge is 0.496 e. The van der Waals surface area contributed by atoms with Gasteiger partial charge < -0.3 is 9.72 Å². The highest BCUT2D eigenvalue weighted by Crippen LogP contribution is 2.31. The Morgan fingerprint density at radius 3 is 2.67 bits per heavy atom. The number of halogens is 2. The number of hydrogen-bond donors (Lipinski definition) is 2. The van der Waals surface area contributed by atoms with Crippen molar-refractivity contribution in [2.75, 3.05) is 24.9 Å². The van der Waals surface area contributed by atoms with E-state index in [1.807, 2.05) is 0 Å². The Kier molecular flexibility index (Phi) is 5.16. The van der Waals surface area contributed by atoms with Crippen LogP contribution in [0, 0.1) is 11.6 Å². The zero-order valence-electron chi connectivity index (χ0n) is 15.9. The molecule has 11 heteroatoms. The number of ketones is 1. The molecule has 8 nitrogen and oxygen atoms in total. The third-order valence-electron chi connectivity index (χ3n) is 4.96. The lowest BCUT2D eigenvalue weighted by Gasteiger charge is -2.18. The molecule has 0 spiro atoms. The number of pyridine rings is 1. The molecule has 1 saturated heterocycles. The van der Waals surface area contributed by atoms with E-state index in [1.54, 1.807) is 0 Å². The Balaban J connectivity index is 1.77. The van der Waals surface area contributed by atoms with Gasteiger partial charge in [-0.3, -0.25) is 9.52 Å². The number of nitrogens with zero attached hydrogens (tertiary/aromatic N) is 2. The Morgan fingerprint density at radius 1 is 1.23 bits per heavy atom. The number of aromatic nitrogens is 2. The molecule has 0 radical (unpaired) electrons. The number of aromatic amines is 1. The molecule has 1 fully saturated rings. The molecule has 1 aromatic carbocycles. The number of anilines is 1. The molecule has 4 rings (SSSR count). The number of ether oxygens (including phenoxy) is 1. The van der Waals surface area contributed by atoms with Crippen molar-refractivity contribution in [3.8, 4) is 5.75 Å². The first-order valence-electron chi connectivity index (χ1n) is 9.14. The summed E-state index contributed by atoms with van der Waals surface area (Å²) >= 11 is 0. The van der Waals surface area contributed by atoms with Crippen LogP contribution in [0.25, 0.3) is 11.0 Å². The predicted molar refractivity (Wildman–Crippen MR) is 106 cm³/mol. The number of H-pyrrole nitrogens is 1. The summed E-state index contributed by atoms with van der Waals surface area (Å²) < 4.78 is 63.0. The van der Waals surface area contributed by atoms with Crippen molar-refractivity contribution < 1.29 is 26.7 Å². The van der Waals surface area contributed by atoms with E-state index >= 15 is 4.39 Å². The van der Waals surface area contributed by atoms with E-state index < -0.39 is 38.9 Å². The lowest BCUT2D eigenvalue weighted by Crippen LogP contribution is -2.33. The van der Waals surface area contributed by atoms with Crippen molar-refractivity contribution in [3.63, 3.8) is 0 Å². The van der Waals surface area contributed by atoms with Crippen LogP contribution < -0.4 is 9.46 Å². The molecule has 0 unspecified atom stereocenters. The maximum Gasteiger partial charge on any atom is 0.301 e. The molecule has 1 aliphatic heterocycles. The van der Waals surface area contributed by atoms with Crippen molar-refractivity contribution >= 4 is 32.7 Å². The molecule has 0 bridgehead atoms. The Labute approximate surface area is 171 Å².